The number of aliphatic hydroxyl groups is 1. The molecule has 1 aromatic rings. The Morgan fingerprint density at radius 3 is 2.22 bits per heavy atom. The van der Waals surface area contributed by atoms with Gasteiger partial charge in [0.05, 0.1) is 6.10 Å². The van der Waals surface area contributed by atoms with Gasteiger partial charge in [0.15, 0.2) is 0 Å². The van der Waals surface area contributed by atoms with Crippen molar-refractivity contribution < 1.29 is 5.11 Å². The zero-order valence-corrected chi connectivity index (χ0v) is 13.0. The van der Waals surface area contributed by atoms with E-state index in [1.54, 1.807) is 11.3 Å². The number of aryl methyl sites for hydroxylation is 2. The van der Waals surface area contributed by atoms with Gasteiger partial charge in [-0.3, -0.25) is 0 Å². The van der Waals surface area contributed by atoms with Gasteiger partial charge < -0.3 is 5.11 Å². The van der Waals surface area contributed by atoms with Gasteiger partial charge in [-0.25, -0.2) is 0 Å². The van der Waals surface area contributed by atoms with Crippen molar-refractivity contribution in [3.63, 3.8) is 0 Å². The Labute approximate surface area is 116 Å². The first-order chi connectivity index (χ1) is 8.65. The van der Waals surface area contributed by atoms with Gasteiger partial charge in [0.2, 0.25) is 0 Å². The standard InChI is InChI=1S/C16H28OS/c1-4-5-6-7-8-9-10-11-15(17)16-13(2)12-14(3)18-16/h12,15,17H,4-11H2,1-3H3. The summed E-state index contributed by atoms with van der Waals surface area (Å²) < 4.78 is 0. The van der Waals surface area contributed by atoms with Crippen molar-refractivity contribution >= 4 is 11.3 Å². The third kappa shape index (κ3) is 5.53. The van der Waals surface area contributed by atoms with Crippen LogP contribution in [-0.4, -0.2) is 5.11 Å². The number of aliphatic hydroxyl groups excluding tert-OH is 1. The Bertz CT molecular complexity index is 330. The molecular formula is C16H28OS. The summed E-state index contributed by atoms with van der Waals surface area (Å²) in [6.07, 6.45) is 9.87. The van der Waals surface area contributed by atoms with Crippen LogP contribution in [0.4, 0.5) is 0 Å². The molecule has 1 aromatic heterocycles. The van der Waals surface area contributed by atoms with E-state index < -0.39 is 0 Å². The molecule has 1 atom stereocenters. The van der Waals surface area contributed by atoms with Crippen LogP contribution in [0.3, 0.4) is 0 Å². The van der Waals surface area contributed by atoms with Crippen molar-refractivity contribution in [1.29, 1.82) is 0 Å². The van der Waals surface area contributed by atoms with Crippen LogP contribution in [0.25, 0.3) is 0 Å². The molecule has 0 aliphatic heterocycles. The Morgan fingerprint density at radius 1 is 1.06 bits per heavy atom. The van der Waals surface area contributed by atoms with E-state index in [1.807, 2.05) is 0 Å². The first kappa shape index (κ1) is 15.7. The molecule has 0 aromatic carbocycles. The van der Waals surface area contributed by atoms with E-state index in [0.717, 1.165) is 12.8 Å². The summed E-state index contributed by atoms with van der Waals surface area (Å²) in [5.74, 6) is 0. The molecule has 18 heavy (non-hydrogen) atoms. The minimum Gasteiger partial charge on any atom is -0.388 e. The molecular weight excluding hydrogens is 240 g/mol. The maximum Gasteiger partial charge on any atom is 0.0884 e. The third-order valence-corrected chi connectivity index (χ3v) is 4.72. The average Bonchev–Trinajstić information content (AvgIpc) is 2.67. The fourth-order valence-electron chi connectivity index (χ4n) is 2.42. The molecule has 0 bridgehead atoms. The van der Waals surface area contributed by atoms with Crippen molar-refractivity contribution in [2.75, 3.05) is 0 Å². The number of hydrogen-bond donors (Lipinski definition) is 1. The Kier molecular flexibility index (Phi) is 7.60. The molecule has 1 N–H and O–H groups in total. The lowest BCUT2D eigenvalue weighted by atomic mass is 10.0. The average molecular weight is 268 g/mol. The number of thiophene rings is 1. The van der Waals surface area contributed by atoms with Crippen molar-refractivity contribution in [3.8, 4) is 0 Å². The van der Waals surface area contributed by atoms with Crippen LogP contribution in [0.2, 0.25) is 0 Å². The van der Waals surface area contributed by atoms with Crippen molar-refractivity contribution in [3.05, 3.63) is 21.4 Å². The molecule has 2 heteroatoms. The second kappa shape index (κ2) is 8.71. The van der Waals surface area contributed by atoms with Crippen LogP contribution in [-0.2, 0) is 0 Å². The second-order valence-corrected chi connectivity index (χ2v) is 6.62. The molecule has 0 spiro atoms. The maximum absolute atomic E-state index is 10.2. The molecule has 104 valence electrons. The van der Waals surface area contributed by atoms with Crippen molar-refractivity contribution in [2.24, 2.45) is 0 Å². The maximum atomic E-state index is 10.2. The van der Waals surface area contributed by atoms with E-state index in [0.29, 0.717) is 0 Å². The highest BCUT2D eigenvalue weighted by molar-refractivity contribution is 7.12. The molecule has 0 aliphatic carbocycles. The largest absolute Gasteiger partial charge is 0.388 e. The van der Waals surface area contributed by atoms with E-state index in [4.69, 9.17) is 0 Å². The van der Waals surface area contributed by atoms with Gasteiger partial charge >= 0.3 is 0 Å². The summed E-state index contributed by atoms with van der Waals surface area (Å²) in [5.41, 5.74) is 1.26. The van der Waals surface area contributed by atoms with E-state index in [-0.39, 0.29) is 6.10 Å². The van der Waals surface area contributed by atoms with Crippen molar-refractivity contribution in [2.45, 2.75) is 78.2 Å². The van der Waals surface area contributed by atoms with Crippen LogP contribution >= 0.6 is 11.3 Å². The fourth-order valence-corrected chi connectivity index (χ4v) is 3.47. The molecule has 0 aliphatic rings. The van der Waals surface area contributed by atoms with E-state index in [9.17, 15) is 5.11 Å². The Balaban J connectivity index is 2.14. The zero-order valence-electron chi connectivity index (χ0n) is 12.2. The van der Waals surface area contributed by atoms with Gasteiger partial charge in [0, 0.05) is 9.75 Å². The van der Waals surface area contributed by atoms with Crippen molar-refractivity contribution in [1.82, 2.24) is 0 Å². The zero-order chi connectivity index (χ0) is 13.4. The van der Waals surface area contributed by atoms with Gasteiger partial charge in [-0.2, -0.15) is 0 Å². The summed E-state index contributed by atoms with van der Waals surface area (Å²) in [4.78, 5) is 2.49. The summed E-state index contributed by atoms with van der Waals surface area (Å²) in [6, 6.07) is 2.17. The first-order valence-electron chi connectivity index (χ1n) is 7.40. The summed E-state index contributed by atoms with van der Waals surface area (Å²) >= 11 is 1.75. The fraction of sp³-hybridized carbons (Fsp3) is 0.750. The van der Waals surface area contributed by atoms with Gasteiger partial charge in [0.25, 0.3) is 0 Å². The lowest BCUT2D eigenvalue weighted by Gasteiger charge is -2.09. The molecule has 0 saturated heterocycles. The normalized spacial score (nSPS) is 12.9. The highest BCUT2D eigenvalue weighted by Gasteiger charge is 2.12. The van der Waals surface area contributed by atoms with Gasteiger partial charge in [0.1, 0.15) is 0 Å². The smallest absolute Gasteiger partial charge is 0.0884 e. The Morgan fingerprint density at radius 2 is 1.67 bits per heavy atom. The quantitative estimate of drug-likeness (QED) is 0.583. The molecule has 1 nitrogen and oxygen atoms in total. The van der Waals surface area contributed by atoms with Crippen LogP contribution in [0.5, 0.6) is 0 Å². The summed E-state index contributed by atoms with van der Waals surface area (Å²) in [6.45, 7) is 6.47. The van der Waals surface area contributed by atoms with Crippen LogP contribution in [0, 0.1) is 13.8 Å². The predicted octanol–water partition coefficient (Wildman–Crippen LogP) is 5.54. The number of hydrogen-bond acceptors (Lipinski definition) is 2. The van der Waals surface area contributed by atoms with Crippen LogP contribution in [0.15, 0.2) is 6.07 Å². The molecule has 0 saturated carbocycles. The lowest BCUT2D eigenvalue weighted by Crippen LogP contribution is -1.96. The minimum absolute atomic E-state index is 0.237. The van der Waals surface area contributed by atoms with Gasteiger partial charge in [-0.05, 0) is 31.9 Å². The second-order valence-electron chi connectivity index (χ2n) is 5.33. The Hall–Kier alpha value is -0.340. The topological polar surface area (TPSA) is 20.2 Å². The van der Waals surface area contributed by atoms with Gasteiger partial charge in [-0.15, -0.1) is 11.3 Å². The molecule has 1 heterocycles. The van der Waals surface area contributed by atoms with E-state index in [2.05, 4.69) is 26.8 Å². The monoisotopic (exact) mass is 268 g/mol. The SMILES string of the molecule is CCCCCCCCCC(O)c1sc(C)cc1C. The summed E-state index contributed by atoms with van der Waals surface area (Å²) in [5, 5.41) is 10.2. The van der Waals surface area contributed by atoms with E-state index >= 15 is 0 Å². The molecule has 0 amide bonds. The lowest BCUT2D eigenvalue weighted by molar-refractivity contribution is 0.166. The molecule has 1 rings (SSSR count). The van der Waals surface area contributed by atoms with Gasteiger partial charge in [-0.1, -0.05) is 51.9 Å². The number of rotatable bonds is 9. The highest BCUT2D eigenvalue weighted by Crippen LogP contribution is 2.30. The van der Waals surface area contributed by atoms with Crippen LogP contribution in [0.1, 0.15) is 79.7 Å². The third-order valence-electron chi connectivity index (χ3n) is 3.46. The van der Waals surface area contributed by atoms with E-state index in [1.165, 1.54) is 53.8 Å². The number of unbranched alkanes of at least 4 members (excludes halogenated alkanes) is 6. The molecule has 0 fully saturated rings. The highest BCUT2D eigenvalue weighted by atomic mass is 32.1. The predicted molar refractivity (Wildman–Crippen MR) is 81.4 cm³/mol. The minimum atomic E-state index is -0.237. The molecule has 1 unspecified atom stereocenters. The first-order valence-corrected chi connectivity index (χ1v) is 8.21. The molecule has 0 radical (unpaired) electrons. The van der Waals surface area contributed by atoms with Crippen LogP contribution < -0.4 is 0 Å². The summed E-state index contributed by atoms with van der Waals surface area (Å²) in [7, 11) is 0.